The van der Waals surface area contributed by atoms with Crippen molar-refractivity contribution in [2.75, 3.05) is 19.8 Å². The van der Waals surface area contributed by atoms with Crippen molar-refractivity contribution in [3.05, 3.63) is 48.6 Å². The molecule has 0 saturated heterocycles. The predicted molar refractivity (Wildman–Crippen MR) is 251 cm³/mol. The molecule has 0 rings (SSSR count). The van der Waals surface area contributed by atoms with Gasteiger partial charge in [-0.3, -0.25) is 9.59 Å². The normalized spacial score (nSPS) is 12.5. The molecule has 0 bridgehead atoms. The zero-order valence-electron chi connectivity index (χ0n) is 38.8. The molecule has 5 nitrogen and oxygen atoms in total. The largest absolute Gasteiger partial charge is 0.462 e. The van der Waals surface area contributed by atoms with Gasteiger partial charge in [0.25, 0.3) is 0 Å². The van der Waals surface area contributed by atoms with E-state index in [2.05, 4.69) is 69.4 Å². The molecular weight excluding hydrogens is 717 g/mol. The van der Waals surface area contributed by atoms with Crippen molar-refractivity contribution in [3.63, 3.8) is 0 Å². The fourth-order valence-electron chi connectivity index (χ4n) is 6.99. The lowest BCUT2D eigenvalue weighted by Crippen LogP contribution is -2.30. The molecule has 58 heavy (non-hydrogen) atoms. The number of allylic oxidation sites excluding steroid dienone is 8. The Morgan fingerprint density at radius 2 is 0.741 bits per heavy atom. The van der Waals surface area contributed by atoms with Crippen LogP contribution in [0.25, 0.3) is 0 Å². The first-order valence-corrected chi connectivity index (χ1v) is 25.2. The topological polar surface area (TPSA) is 61.8 Å². The Morgan fingerprint density at radius 1 is 0.379 bits per heavy atom. The molecule has 0 aliphatic heterocycles. The summed E-state index contributed by atoms with van der Waals surface area (Å²) in [6.45, 7) is 7.74. The summed E-state index contributed by atoms with van der Waals surface area (Å²) in [4.78, 5) is 25.3. The maximum Gasteiger partial charge on any atom is 0.306 e. The van der Waals surface area contributed by atoms with Crippen LogP contribution < -0.4 is 0 Å². The second-order valence-corrected chi connectivity index (χ2v) is 16.7. The first-order chi connectivity index (χ1) is 28.6. The van der Waals surface area contributed by atoms with Gasteiger partial charge in [0.1, 0.15) is 6.61 Å². The van der Waals surface area contributed by atoms with Crippen LogP contribution in [0.3, 0.4) is 0 Å². The Labute approximate surface area is 361 Å². The summed E-state index contributed by atoms with van der Waals surface area (Å²) in [6, 6.07) is 0. The van der Waals surface area contributed by atoms with Crippen molar-refractivity contribution in [1.29, 1.82) is 0 Å². The standard InChI is InChI=1S/C53H96O5/c1-4-7-10-13-16-19-22-24-25-26-27-28-30-33-36-39-42-45-48-56-49-51(58-53(55)47-44-41-38-35-31-21-18-15-12-9-6-3)50-57-52(54)46-43-40-37-34-32-29-23-20-17-14-11-8-5-2/h15-16,18-20,23-25,51H,4-14,17,21-22,26-50H2,1-3H3/b18-15-,19-16-,23-20-,25-24-. The molecule has 0 fully saturated rings. The van der Waals surface area contributed by atoms with Gasteiger partial charge in [-0.05, 0) is 96.3 Å². The van der Waals surface area contributed by atoms with Gasteiger partial charge in [-0.25, -0.2) is 0 Å². The third kappa shape index (κ3) is 46.5. The molecule has 1 atom stereocenters. The van der Waals surface area contributed by atoms with Crippen molar-refractivity contribution in [2.24, 2.45) is 0 Å². The number of hydrogen-bond donors (Lipinski definition) is 0. The Kier molecular flexibility index (Phi) is 47.4. The fourth-order valence-corrected chi connectivity index (χ4v) is 6.99. The van der Waals surface area contributed by atoms with Gasteiger partial charge in [0.05, 0.1) is 6.61 Å². The smallest absolute Gasteiger partial charge is 0.306 e. The van der Waals surface area contributed by atoms with Gasteiger partial charge in [-0.15, -0.1) is 0 Å². The molecular formula is C53H96O5. The molecule has 5 heteroatoms. The molecule has 1 unspecified atom stereocenters. The average molecular weight is 813 g/mol. The van der Waals surface area contributed by atoms with Crippen molar-refractivity contribution in [2.45, 2.75) is 258 Å². The highest BCUT2D eigenvalue weighted by Crippen LogP contribution is 2.14. The first kappa shape index (κ1) is 55.9. The van der Waals surface area contributed by atoms with Crippen molar-refractivity contribution >= 4 is 11.9 Å². The lowest BCUT2D eigenvalue weighted by atomic mass is 10.1. The summed E-state index contributed by atoms with van der Waals surface area (Å²) in [7, 11) is 0. The van der Waals surface area contributed by atoms with Gasteiger partial charge >= 0.3 is 11.9 Å². The SMILES string of the molecule is CCCC/C=C\CCCCCCCC(=O)OC(COCCCCCCCCCC/C=C\C/C=C\CCCCC)COC(=O)CCCCCCC/C=C\CCCCCC. The molecule has 0 aliphatic carbocycles. The van der Waals surface area contributed by atoms with Gasteiger partial charge in [0.15, 0.2) is 6.10 Å². The number of carbonyl (C=O) groups is 2. The molecule has 0 saturated carbocycles. The van der Waals surface area contributed by atoms with Gasteiger partial charge < -0.3 is 14.2 Å². The highest BCUT2D eigenvalue weighted by Gasteiger charge is 2.17. The summed E-state index contributed by atoms with van der Waals surface area (Å²) in [6.07, 6.45) is 59.7. The van der Waals surface area contributed by atoms with E-state index in [0.717, 1.165) is 70.6 Å². The Hall–Kier alpha value is -2.14. The molecule has 338 valence electrons. The number of carbonyl (C=O) groups excluding carboxylic acids is 2. The minimum Gasteiger partial charge on any atom is -0.462 e. The molecule has 0 aromatic heterocycles. The maximum absolute atomic E-state index is 12.7. The number of rotatable bonds is 46. The van der Waals surface area contributed by atoms with E-state index < -0.39 is 6.10 Å². The summed E-state index contributed by atoms with van der Waals surface area (Å²) >= 11 is 0. The zero-order chi connectivity index (χ0) is 42.1. The summed E-state index contributed by atoms with van der Waals surface area (Å²) < 4.78 is 17.4. The molecule has 0 aromatic rings. The third-order valence-corrected chi connectivity index (χ3v) is 10.8. The highest BCUT2D eigenvalue weighted by atomic mass is 16.6. The van der Waals surface area contributed by atoms with Crippen LogP contribution in [0.15, 0.2) is 48.6 Å². The van der Waals surface area contributed by atoms with Crippen LogP contribution in [-0.2, 0) is 23.8 Å². The molecule has 0 heterocycles. The second-order valence-electron chi connectivity index (χ2n) is 16.7. The molecule has 0 aliphatic rings. The van der Waals surface area contributed by atoms with Gasteiger partial charge in [0, 0.05) is 19.4 Å². The van der Waals surface area contributed by atoms with Crippen LogP contribution >= 0.6 is 0 Å². The van der Waals surface area contributed by atoms with Gasteiger partial charge in [0.2, 0.25) is 0 Å². The van der Waals surface area contributed by atoms with E-state index in [-0.39, 0.29) is 25.2 Å². The van der Waals surface area contributed by atoms with Crippen molar-refractivity contribution < 1.29 is 23.8 Å². The summed E-state index contributed by atoms with van der Waals surface area (Å²) in [5, 5.41) is 0. The Bertz CT molecular complexity index is 966. The number of esters is 2. The van der Waals surface area contributed by atoms with Crippen LogP contribution in [0, 0.1) is 0 Å². The number of unbranched alkanes of at least 4 members (excludes halogenated alkanes) is 27. The van der Waals surface area contributed by atoms with Crippen LogP contribution in [-0.4, -0.2) is 37.9 Å². The first-order valence-electron chi connectivity index (χ1n) is 25.2. The minimum absolute atomic E-state index is 0.0765. The highest BCUT2D eigenvalue weighted by molar-refractivity contribution is 5.70. The molecule has 0 N–H and O–H groups in total. The van der Waals surface area contributed by atoms with Crippen LogP contribution in [0.4, 0.5) is 0 Å². The van der Waals surface area contributed by atoms with E-state index in [0.29, 0.717) is 19.4 Å². The van der Waals surface area contributed by atoms with Crippen molar-refractivity contribution in [3.8, 4) is 0 Å². The lowest BCUT2D eigenvalue weighted by molar-refractivity contribution is -0.163. The molecule has 0 spiro atoms. The van der Waals surface area contributed by atoms with Crippen molar-refractivity contribution in [1.82, 2.24) is 0 Å². The van der Waals surface area contributed by atoms with E-state index in [4.69, 9.17) is 14.2 Å². The molecule has 0 amide bonds. The average Bonchev–Trinajstić information content (AvgIpc) is 3.22. The van der Waals surface area contributed by atoms with E-state index in [1.807, 2.05) is 0 Å². The monoisotopic (exact) mass is 813 g/mol. The van der Waals surface area contributed by atoms with Gasteiger partial charge in [-0.2, -0.15) is 0 Å². The Morgan fingerprint density at radius 3 is 1.24 bits per heavy atom. The lowest BCUT2D eigenvalue weighted by Gasteiger charge is -2.18. The molecule has 0 aromatic carbocycles. The predicted octanol–water partition coefficient (Wildman–Crippen LogP) is 16.8. The van der Waals surface area contributed by atoms with E-state index in [9.17, 15) is 9.59 Å². The van der Waals surface area contributed by atoms with E-state index in [1.165, 1.54) is 148 Å². The quantitative estimate of drug-likeness (QED) is 0.0348. The van der Waals surface area contributed by atoms with E-state index in [1.54, 1.807) is 0 Å². The summed E-state index contributed by atoms with van der Waals surface area (Å²) in [5.41, 5.74) is 0. The van der Waals surface area contributed by atoms with Crippen LogP contribution in [0.2, 0.25) is 0 Å². The number of ether oxygens (including phenoxy) is 3. The summed E-state index contributed by atoms with van der Waals surface area (Å²) in [5.74, 6) is -0.416. The second kappa shape index (κ2) is 49.2. The fraction of sp³-hybridized carbons (Fsp3) is 0.811. The Balaban J connectivity index is 4.24. The van der Waals surface area contributed by atoms with E-state index >= 15 is 0 Å². The van der Waals surface area contributed by atoms with Crippen LogP contribution in [0.5, 0.6) is 0 Å². The maximum atomic E-state index is 12.7. The number of hydrogen-bond acceptors (Lipinski definition) is 5. The van der Waals surface area contributed by atoms with Gasteiger partial charge in [-0.1, -0.05) is 191 Å². The molecule has 0 radical (unpaired) electrons. The van der Waals surface area contributed by atoms with Crippen LogP contribution in [0.1, 0.15) is 252 Å². The minimum atomic E-state index is -0.544. The zero-order valence-corrected chi connectivity index (χ0v) is 38.8. The third-order valence-electron chi connectivity index (χ3n) is 10.8.